The molecule has 3 heterocycles. The van der Waals surface area contributed by atoms with Gasteiger partial charge in [-0.05, 0) is 38.8 Å². The first-order chi connectivity index (χ1) is 11.1. The van der Waals surface area contributed by atoms with Crippen molar-refractivity contribution in [2.24, 2.45) is 5.92 Å². The molecule has 0 radical (unpaired) electrons. The number of aryl methyl sites for hydroxylation is 1. The molecule has 1 atom stereocenters. The molecule has 0 spiro atoms. The van der Waals surface area contributed by atoms with Crippen molar-refractivity contribution in [1.82, 2.24) is 14.3 Å². The molecule has 3 rings (SSSR count). The van der Waals surface area contributed by atoms with Crippen LogP contribution in [0.5, 0.6) is 0 Å². The average Bonchev–Trinajstić information content (AvgIpc) is 2.94. The Morgan fingerprint density at radius 3 is 3.04 bits per heavy atom. The van der Waals surface area contributed by atoms with Crippen molar-refractivity contribution in [1.29, 1.82) is 0 Å². The molecule has 0 aromatic carbocycles. The predicted molar refractivity (Wildman–Crippen MR) is 85.2 cm³/mol. The van der Waals surface area contributed by atoms with E-state index in [1.54, 1.807) is 17.9 Å². The Morgan fingerprint density at radius 2 is 2.26 bits per heavy atom. The highest BCUT2D eigenvalue weighted by Gasteiger charge is 2.30. The third kappa shape index (κ3) is 3.06. The van der Waals surface area contributed by atoms with E-state index in [1.807, 2.05) is 29.8 Å². The summed E-state index contributed by atoms with van der Waals surface area (Å²) >= 11 is 0. The van der Waals surface area contributed by atoms with E-state index in [0.717, 1.165) is 18.5 Å². The Kier molecular flexibility index (Phi) is 4.32. The first kappa shape index (κ1) is 15.5. The standard InChI is InChI=1S/C17H21N3O3/c1-3-23-17(22)13-6-4-9-20(11-13)16(21)14-7-5-8-19-10-12(2)18-15(14)19/h5,7-8,10,13H,3-4,6,9,11H2,1-2H3. The fraction of sp³-hybridized carbons (Fsp3) is 0.471. The van der Waals surface area contributed by atoms with Crippen molar-refractivity contribution in [3.8, 4) is 0 Å². The quantitative estimate of drug-likeness (QED) is 0.813. The van der Waals surface area contributed by atoms with Gasteiger partial charge in [-0.1, -0.05) is 0 Å². The molecule has 2 aromatic rings. The van der Waals surface area contributed by atoms with Crippen molar-refractivity contribution in [2.45, 2.75) is 26.7 Å². The number of nitrogens with zero attached hydrogens (tertiary/aromatic N) is 3. The first-order valence-corrected chi connectivity index (χ1v) is 8.00. The SMILES string of the molecule is CCOC(=O)C1CCCN(C(=O)c2cccn3cc(C)nc23)C1. The topological polar surface area (TPSA) is 63.9 Å². The summed E-state index contributed by atoms with van der Waals surface area (Å²) in [6.45, 7) is 5.15. The summed E-state index contributed by atoms with van der Waals surface area (Å²) in [6, 6.07) is 3.63. The normalized spacial score (nSPS) is 18.2. The second-order valence-corrected chi connectivity index (χ2v) is 5.88. The molecule has 1 aliphatic heterocycles. The van der Waals surface area contributed by atoms with Crippen LogP contribution in [0, 0.1) is 12.8 Å². The molecule has 0 N–H and O–H groups in total. The lowest BCUT2D eigenvalue weighted by Crippen LogP contribution is -2.43. The summed E-state index contributed by atoms with van der Waals surface area (Å²) in [6.07, 6.45) is 5.36. The Hall–Kier alpha value is -2.37. The number of likely N-dealkylation sites (tertiary alicyclic amines) is 1. The molecule has 6 nitrogen and oxygen atoms in total. The number of pyridine rings is 1. The lowest BCUT2D eigenvalue weighted by Gasteiger charge is -2.31. The second-order valence-electron chi connectivity index (χ2n) is 5.88. The van der Waals surface area contributed by atoms with Gasteiger partial charge in [0.25, 0.3) is 5.91 Å². The number of esters is 1. The number of carbonyl (C=O) groups excluding carboxylic acids is 2. The number of fused-ring (bicyclic) bond motifs is 1. The zero-order valence-corrected chi connectivity index (χ0v) is 13.5. The number of hydrogen-bond acceptors (Lipinski definition) is 4. The maximum Gasteiger partial charge on any atom is 0.310 e. The van der Waals surface area contributed by atoms with Crippen molar-refractivity contribution in [3.05, 3.63) is 35.8 Å². The average molecular weight is 315 g/mol. The van der Waals surface area contributed by atoms with Crippen LogP contribution >= 0.6 is 0 Å². The fourth-order valence-electron chi connectivity index (χ4n) is 3.09. The number of imidazole rings is 1. The summed E-state index contributed by atoms with van der Waals surface area (Å²) in [7, 11) is 0. The van der Waals surface area contributed by atoms with Crippen molar-refractivity contribution < 1.29 is 14.3 Å². The van der Waals surface area contributed by atoms with E-state index in [-0.39, 0.29) is 17.8 Å². The molecule has 1 amide bonds. The van der Waals surface area contributed by atoms with Crippen LogP contribution in [0.4, 0.5) is 0 Å². The number of hydrogen-bond donors (Lipinski definition) is 0. The van der Waals surface area contributed by atoms with Gasteiger partial charge < -0.3 is 14.0 Å². The van der Waals surface area contributed by atoms with Gasteiger partial charge in [-0.15, -0.1) is 0 Å². The Balaban J connectivity index is 1.83. The second kappa shape index (κ2) is 6.40. The van der Waals surface area contributed by atoms with E-state index in [2.05, 4.69) is 4.98 Å². The van der Waals surface area contributed by atoms with E-state index in [9.17, 15) is 9.59 Å². The lowest BCUT2D eigenvalue weighted by atomic mass is 9.97. The monoisotopic (exact) mass is 315 g/mol. The van der Waals surface area contributed by atoms with Gasteiger partial charge >= 0.3 is 5.97 Å². The smallest absolute Gasteiger partial charge is 0.310 e. The number of carbonyl (C=O) groups is 2. The molecule has 1 aliphatic rings. The van der Waals surface area contributed by atoms with E-state index in [4.69, 9.17) is 4.74 Å². The maximum absolute atomic E-state index is 12.9. The van der Waals surface area contributed by atoms with Gasteiger partial charge in [0.1, 0.15) is 5.65 Å². The van der Waals surface area contributed by atoms with E-state index in [0.29, 0.717) is 30.9 Å². The van der Waals surface area contributed by atoms with Gasteiger partial charge in [0, 0.05) is 25.5 Å². The van der Waals surface area contributed by atoms with Crippen LogP contribution in [0.3, 0.4) is 0 Å². The highest BCUT2D eigenvalue weighted by molar-refractivity contribution is 6.00. The molecule has 0 aliphatic carbocycles. The number of amides is 1. The van der Waals surface area contributed by atoms with E-state index >= 15 is 0 Å². The minimum atomic E-state index is -0.228. The molecule has 6 heteroatoms. The van der Waals surface area contributed by atoms with Gasteiger partial charge in [0.05, 0.1) is 23.8 Å². The van der Waals surface area contributed by atoms with Gasteiger partial charge in [0.15, 0.2) is 0 Å². The summed E-state index contributed by atoms with van der Waals surface area (Å²) in [5.41, 5.74) is 2.10. The summed E-state index contributed by atoms with van der Waals surface area (Å²) in [5, 5.41) is 0. The van der Waals surface area contributed by atoms with Crippen LogP contribution in [-0.4, -0.2) is 45.9 Å². The van der Waals surface area contributed by atoms with Crippen molar-refractivity contribution >= 4 is 17.5 Å². The highest BCUT2D eigenvalue weighted by atomic mass is 16.5. The van der Waals surface area contributed by atoms with Crippen LogP contribution in [0.15, 0.2) is 24.5 Å². The zero-order chi connectivity index (χ0) is 16.4. The van der Waals surface area contributed by atoms with Crippen LogP contribution in [0.1, 0.15) is 35.8 Å². The van der Waals surface area contributed by atoms with E-state index < -0.39 is 0 Å². The fourth-order valence-corrected chi connectivity index (χ4v) is 3.09. The Morgan fingerprint density at radius 1 is 1.43 bits per heavy atom. The van der Waals surface area contributed by atoms with Crippen LogP contribution in [0.25, 0.3) is 5.65 Å². The lowest BCUT2D eigenvalue weighted by molar-refractivity contribution is -0.149. The summed E-state index contributed by atoms with van der Waals surface area (Å²) < 4.78 is 6.95. The van der Waals surface area contributed by atoms with Gasteiger partial charge in [-0.25, -0.2) is 4.98 Å². The number of aromatic nitrogens is 2. The number of rotatable bonds is 3. The Labute approximate surface area is 135 Å². The molecule has 122 valence electrons. The van der Waals surface area contributed by atoms with Gasteiger partial charge in [0.2, 0.25) is 0 Å². The minimum absolute atomic E-state index is 0.0739. The zero-order valence-electron chi connectivity index (χ0n) is 13.5. The molecule has 0 saturated carbocycles. The third-order valence-corrected chi connectivity index (χ3v) is 4.16. The largest absolute Gasteiger partial charge is 0.466 e. The molecule has 2 aromatic heterocycles. The third-order valence-electron chi connectivity index (χ3n) is 4.16. The molecule has 1 unspecified atom stereocenters. The molecular weight excluding hydrogens is 294 g/mol. The maximum atomic E-state index is 12.9. The van der Waals surface area contributed by atoms with E-state index in [1.165, 1.54) is 0 Å². The number of piperidine rings is 1. The Bertz CT molecular complexity index is 738. The van der Waals surface area contributed by atoms with Crippen LogP contribution in [-0.2, 0) is 9.53 Å². The summed E-state index contributed by atoms with van der Waals surface area (Å²) in [4.78, 5) is 31.0. The van der Waals surface area contributed by atoms with Gasteiger partial charge in [-0.3, -0.25) is 9.59 Å². The van der Waals surface area contributed by atoms with Crippen LogP contribution in [0.2, 0.25) is 0 Å². The van der Waals surface area contributed by atoms with Crippen molar-refractivity contribution in [2.75, 3.05) is 19.7 Å². The molecular formula is C17H21N3O3. The van der Waals surface area contributed by atoms with Crippen LogP contribution < -0.4 is 0 Å². The highest BCUT2D eigenvalue weighted by Crippen LogP contribution is 2.21. The van der Waals surface area contributed by atoms with Gasteiger partial charge in [-0.2, -0.15) is 0 Å². The molecule has 1 saturated heterocycles. The number of ether oxygens (including phenoxy) is 1. The molecule has 1 fully saturated rings. The molecule has 0 bridgehead atoms. The minimum Gasteiger partial charge on any atom is -0.466 e. The molecule has 23 heavy (non-hydrogen) atoms. The summed E-state index contributed by atoms with van der Waals surface area (Å²) in [5.74, 6) is -0.510. The first-order valence-electron chi connectivity index (χ1n) is 8.00. The predicted octanol–water partition coefficient (Wildman–Crippen LogP) is 2.06. The van der Waals surface area contributed by atoms with Crippen molar-refractivity contribution in [3.63, 3.8) is 0 Å².